The van der Waals surface area contributed by atoms with Crippen molar-refractivity contribution in [3.8, 4) is 5.75 Å². The number of hydrogen-bond donors (Lipinski definition) is 2. The van der Waals surface area contributed by atoms with E-state index in [0.717, 1.165) is 12.8 Å². The highest BCUT2D eigenvalue weighted by Gasteiger charge is 2.12. The fourth-order valence-corrected chi connectivity index (χ4v) is 3.09. The minimum absolute atomic E-state index is 0.00846. The van der Waals surface area contributed by atoms with E-state index in [1.807, 2.05) is 0 Å². The van der Waals surface area contributed by atoms with Gasteiger partial charge in [0.05, 0.1) is 18.6 Å². The third-order valence-corrected chi connectivity index (χ3v) is 4.85. The highest BCUT2D eigenvalue weighted by Crippen LogP contribution is 2.15. The Morgan fingerprint density at radius 2 is 1.75 bits per heavy atom. The van der Waals surface area contributed by atoms with Crippen LogP contribution in [0.25, 0.3) is 0 Å². The number of nitrogens with one attached hydrogen (secondary N) is 2. The van der Waals surface area contributed by atoms with Gasteiger partial charge < -0.3 is 14.8 Å². The summed E-state index contributed by atoms with van der Waals surface area (Å²) in [5.41, 5.74) is 0. The van der Waals surface area contributed by atoms with Crippen molar-refractivity contribution < 1.29 is 22.7 Å². The topological polar surface area (TPSA) is 93.7 Å². The fourth-order valence-electron chi connectivity index (χ4n) is 2.01. The molecule has 0 radical (unpaired) electrons. The first-order valence-corrected chi connectivity index (χ1v) is 9.37. The summed E-state index contributed by atoms with van der Waals surface area (Å²) in [6.45, 7) is 1.36. The summed E-state index contributed by atoms with van der Waals surface area (Å²) in [6.07, 6.45) is 2.63. The number of methoxy groups -OCH3 is 2. The number of rotatable bonds is 12. The van der Waals surface area contributed by atoms with Gasteiger partial charge in [0.25, 0.3) is 0 Å². The standard InChI is InChI=1S/C16H26N2O5S/c1-22-13-12-17-16(19)6-4-3-5-11-18-24(20,21)15-9-7-14(23-2)8-10-15/h7-10,18H,3-6,11-13H2,1-2H3,(H,17,19). The van der Waals surface area contributed by atoms with Crippen LogP contribution in [0.5, 0.6) is 5.75 Å². The van der Waals surface area contributed by atoms with Crippen molar-refractivity contribution >= 4 is 15.9 Å². The third-order valence-electron chi connectivity index (χ3n) is 3.37. The average Bonchev–Trinajstić information content (AvgIpc) is 2.58. The van der Waals surface area contributed by atoms with Gasteiger partial charge in [-0.1, -0.05) is 6.42 Å². The largest absolute Gasteiger partial charge is 0.497 e. The molecule has 0 aromatic heterocycles. The lowest BCUT2D eigenvalue weighted by Gasteiger charge is -2.08. The van der Waals surface area contributed by atoms with Crippen LogP contribution in [0.4, 0.5) is 0 Å². The van der Waals surface area contributed by atoms with E-state index in [-0.39, 0.29) is 10.8 Å². The van der Waals surface area contributed by atoms with Gasteiger partial charge >= 0.3 is 0 Å². The zero-order chi connectivity index (χ0) is 17.8. The minimum atomic E-state index is -3.50. The average molecular weight is 358 g/mol. The van der Waals surface area contributed by atoms with E-state index < -0.39 is 10.0 Å². The summed E-state index contributed by atoms with van der Waals surface area (Å²) in [6, 6.07) is 6.23. The Labute approximate surface area is 143 Å². The van der Waals surface area contributed by atoms with Crippen LogP contribution < -0.4 is 14.8 Å². The van der Waals surface area contributed by atoms with Crippen molar-refractivity contribution in [1.82, 2.24) is 10.0 Å². The molecule has 0 aliphatic carbocycles. The third kappa shape index (κ3) is 7.76. The summed E-state index contributed by atoms with van der Waals surface area (Å²) in [5, 5.41) is 2.74. The maximum absolute atomic E-state index is 12.1. The van der Waals surface area contributed by atoms with Gasteiger partial charge in [-0.05, 0) is 37.1 Å². The van der Waals surface area contributed by atoms with Gasteiger partial charge in [0.2, 0.25) is 15.9 Å². The van der Waals surface area contributed by atoms with Gasteiger partial charge in [-0.25, -0.2) is 13.1 Å². The van der Waals surface area contributed by atoms with Crippen LogP contribution in [-0.2, 0) is 19.6 Å². The molecule has 0 bridgehead atoms. The summed E-state index contributed by atoms with van der Waals surface area (Å²) < 4.78 is 36.6. The van der Waals surface area contributed by atoms with Crippen LogP contribution in [0.15, 0.2) is 29.2 Å². The number of hydrogen-bond acceptors (Lipinski definition) is 5. The molecule has 1 aromatic rings. The molecule has 7 nitrogen and oxygen atoms in total. The summed E-state index contributed by atoms with van der Waals surface area (Å²) in [5.74, 6) is 0.601. The molecule has 0 heterocycles. The lowest BCUT2D eigenvalue weighted by molar-refractivity contribution is -0.121. The maximum atomic E-state index is 12.1. The van der Waals surface area contributed by atoms with Crippen molar-refractivity contribution in [2.75, 3.05) is 33.9 Å². The van der Waals surface area contributed by atoms with Crippen molar-refractivity contribution in [2.24, 2.45) is 0 Å². The quantitative estimate of drug-likeness (QED) is 0.549. The lowest BCUT2D eigenvalue weighted by Crippen LogP contribution is -2.27. The SMILES string of the molecule is COCCNC(=O)CCCCCNS(=O)(=O)c1ccc(OC)cc1. The monoisotopic (exact) mass is 358 g/mol. The van der Waals surface area contributed by atoms with Crippen LogP contribution >= 0.6 is 0 Å². The number of benzene rings is 1. The highest BCUT2D eigenvalue weighted by molar-refractivity contribution is 7.89. The number of amides is 1. The zero-order valence-electron chi connectivity index (χ0n) is 14.2. The molecule has 0 spiro atoms. The van der Waals surface area contributed by atoms with E-state index in [2.05, 4.69) is 10.0 Å². The number of carbonyl (C=O) groups is 1. The Kier molecular flexibility index (Phi) is 9.36. The Morgan fingerprint density at radius 1 is 1.04 bits per heavy atom. The first-order chi connectivity index (χ1) is 11.5. The maximum Gasteiger partial charge on any atom is 0.240 e. The van der Waals surface area contributed by atoms with Crippen molar-refractivity contribution in [3.05, 3.63) is 24.3 Å². The van der Waals surface area contributed by atoms with E-state index in [1.54, 1.807) is 19.2 Å². The summed E-state index contributed by atoms with van der Waals surface area (Å²) in [7, 11) is -0.393. The molecule has 1 aromatic carbocycles. The molecule has 1 rings (SSSR count). The molecule has 0 aliphatic rings. The molecule has 24 heavy (non-hydrogen) atoms. The number of ether oxygens (including phenoxy) is 2. The van der Waals surface area contributed by atoms with Gasteiger partial charge in [0.15, 0.2) is 0 Å². The molecule has 0 aliphatic heterocycles. The van der Waals surface area contributed by atoms with E-state index in [1.165, 1.54) is 19.2 Å². The van der Waals surface area contributed by atoms with Crippen LogP contribution in [0, 0.1) is 0 Å². The second-order valence-corrected chi connectivity index (χ2v) is 6.99. The number of carbonyl (C=O) groups excluding carboxylic acids is 1. The molecule has 0 atom stereocenters. The van der Waals surface area contributed by atoms with Crippen molar-refractivity contribution in [2.45, 2.75) is 30.6 Å². The molecule has 2 N–H and O–H groups in total. The predicted octanol–water partition coefficient (Wildman–Crippen LogP) is 1.30. The predicted molar refractivity (Wildman–Crippen MR) is 91.5 cm³/mol. The lowest BCUT2D eigenvalue weighted by atomic mass is 10.2. The van der Waals surface area contributed by atoms with Crippen LogP contribution in [0.3, 0.4) is 0 Å². The van der Waals surface area contributed by atoms with E-state index in [4.69, 9.17) is 9.47 Å². The minimum Gasteiger partial charge on any atom is -0.497 e. The van der Waals surface area contributed by atoms with E-state index >= 15 is 0 Å². The molecule has 0 fully saturated rings. The molecular weight excluding hydrogens is 332 g/mol. The van der Waals surface area contributed by atoms with Crippen LogP contribution in [-0.4, -0.2) is 48.2 Å². The summed E-state index contributed by atoms with van der Waals surface area (Å²) >= 11 is 0. The Bertz CT molecular complexity index is 587. The van der Waals surface area contributed by atoms with E-state index in [0.29, 0.717) is 38.3 Å². The second-order valence-electron chi connectivity index (χ2n) is 5.23. The van der Waals surface area contributed by atoms with Gasteiger partial charge in [-0.2, -0.15) is 0 Å². The number of sulfonamides is 1. The Balaban J connectivity index is 2.20. The number of unbranched alkanes of at least 4 members (excludes halogenated alkanes) is 2. The molecule has 0 saturated heterocycles. The fraction of sp³-hybridized carbons (Fsp3) is 0.562. The smallest absolute Gasteiger partial charge is 0.240 e. The molecule has 1 amide bonds. The first-order valence-electron chi connectivity index (χ1n) is 7.89. The highest BCUT2D eigenvalue weighted by atomic mass is 32.2. The zero-order valence-corrected chi connectivity index (χ0v) is 15.0. The normalized spacial score (nSPS) is 11.2. The van der Waals surface area contributed by atoms with Crippen LogP contribution in [0.1, 0.15) is 25.7 Å². The second kappa shape index (κ2) is 11.0. The van der Waals surface area contributed by atoms with Crippen molar-refractivity contribution in [1.29, 1.82) is 0 Å². The summed E-state index contributed by atoms with van der Waals surface area (Å²) in [4.78, 5) is 11.7. The molecule has 136 valence electrons. The molecule has 8 heteroatoms. The van der Waals surface area contributed by atoms with E-state index in [9.17, 15) is 13.2 Å². The first kappa shape index (κ1) is 20.4. The van der Waals surface area contributed by atoms with Gasteiger partial charge in [-0.15, -0.1) is 0 Å². The van der Waals surface area contributed by atoms with Crippen molar-refractivity contribution in [3.63, 3.8) is 0 Å². The molecule has 0 unspecified atom stereocenters. The Morgan fingerprint density at radius 3 is 2.38 bits per heavy atom. The van der Waals surface area contributed by atoms with Gasteiger partial charge in [-0.3, -0.25) is 4.79 Å². The van der Waals surface area contributed by atoms with Gasteiger partial charge in [0, 0.05) is 26.6 Å². The van der Waals surface area contributed by atoms with Gasteiger partial charge in [0.1, 0.15) is 5.75 Å². The molecule has 0 saturated carbocycles. The molecular formula is C16H26N2O5S. The van der Waals surface area contributed by atoms with Crippen LogP contribution in [0.2, 0.25) is 0 Å². The Hall–Kier alpha value is -1.64.